The van der Waals surface area contributed by atoms with E-state index in [1.54, 1.807) is 0 Å². The molecule has 0 spiro atoms. The third-order valence-electron chi connectivity index (χ3n) is 1.76. The van der Waals surface area contributed by atoms with E-state index in [4.69, 9.17) is 9.52 Å². The summed E-state index contributed by atoms with van der Waals surface area (Å²) in [7, 11) is 0. The number of hydroxylamine groups is 1. The van der Waals surface area contributed by atoms with Gasteiger partial charge < -0.3 is 9.52 Å². The molecular formula is C9H10F3NO4. The van der Waals surface area contributed by atoms with Gasteiger partial charge in [0.1, 0.15) is 5.76 Å². The molecule has 0 aliphatic carbocycles. The maximum atomic E-state index is 11.8. The lowest BCUT2D eigenvalue weighted by Gasteiger charge is -2.12. The van der Waals surface area contributed by atoms with Crippen LogP contribution >= 0.6 is 0 Å². The van der Waals surface area contributed by atoms with Crippen molar-refractivity contribution in [1.29, 1.82) is 0 Å². The van der Waals surface area contributed by atoms with Crippen molar-refractivity contribution in [3.8, 4) is 0 Å². The number of hydrogen-bond donors (Lipinski definition) is 2. The largest absolute Gasteiger partial charge is 0.475 e. The average Bonchev–Trinajstić information content (AvgIpc) is 2.63. The first-order valence-corrected chi connectivity index (χ1v) is 4.56. The second-order valence-corrected chi connectivity index (χ2v) is 3.25. The van der Waals surface area contributed by atoms with Crippen LogP contribution in [0.4, 0.5) is 13.2 Å². The van der Waals surface area contributed by atoms with Gasteiger partial charge in [0.2, 0.25) is 5.76 Å². The molecule has 96 valence electrons. The fraction of sp³-hybridized carbons (Fsp3) is 0.444. The van der Waals surface area contributed by atoms with Gasteiger partial charge in [0, 0.05) is 0 Å². The van der Waals surface area contributed by atoms with Crippen LogP contribution in [0.1, 0.15) is 29.3 Å². The molecule has 0 radical (unpaired) electrons. The van der Waals surface area contributed by atoms with Crippen molar-refractivity contribution in [2.24, 2.45) is 0 Å². The second-order valence-electron chi connectivity index (χ2n) is 3.25. The molecular weight excluding hydrogens is 243 g/mol. The number of carboxylic acid groups (broad SMARTS) is 1. The summed E-state index contributed by atoms with van der Waals surface area (Å²) in [5.74, 6) is -1.37. The average molecular weight is 253 g/mol. The van der Waals surface area contributed by atoms with Gasteiger partial charge >= 0.3 is 12.1 Å². The Bertz CT molecular complexity index is 388. The summed E-state index contributed by atoms with van der Waals surface area (Å²) in [5, 5.41) is 8.57. The standard InChI is InChI=1S/C9H10F3NO4/c1-5(13-16-4-9(10,11)12)6-2-3-7(17-6)8(14)15/h2-3,5,13H,4H2,1H3,(H,14,15). The summed E-state index contributed by atoms with van der Waals surface area (Å²) in [4.78, 5) is 14.7. The summed E-state index contributed by atoms with van der Waals surface area (Å²) >= 11 is 0. The number of alkyl halides is 3. The van der Waals surface area contributed by atoms with Gasteiger partial charge in [-0.2, -0.15) is 18.7 Å². The van der Waals surface area contributed by atoms with E-state index in [2.05, 4.69) is 10.3 Å². The minimum Gasteiger partial charge on any atom is -0.475 e. The third kappa shape index (κ3) is 4.45. The normalized spacial score (nSPS) is 13.6. The Balaban J connectivity index is 2.46. The van der Waals surface area contributed by atoms with Gasteiger partial charge in [-0.05, 0) is 19.1 Å². The first-order valence-electron chi connectivity index (χ1n) is 4.56. The van der Waals surface area contributed by atoms with Crippen LogP contribution in [0.15, 0.2) is 16.5 Å². The molecule has 0 aromatic carbocycles. The van der Waals surface area contributed by atoms with Gasteiger partial charge in [-0.15, -0.1) is 0 Å². The number of hydrogen-bond acceptors (Lipinski definition) is 4. The van der Waals surface area contributed by atoms with Crippen molar-refractivity contribution in [3.05, 3.63) is 23.7 Å². The van der Waals surface area contributed by atoms with E-state index in [-0.39, 0.29) is 11.5 Å². The fourth-order valence-corrected chi connectivity index (χ4v) is 1.01. The van der Waals surface area contributed by atoms with Crippen LogP contribution in [-0.2, 0) is 4.84 Å². The van der Waals surface area contributed by atoms with E-state index in [0.717, 1.165) is 0 Å². The maximum absolute atomic E-state index is 11.8. The zero-order chi connectivity index (χ0) is 13.1. The molecule has 1 unspecified atom stereocenters. The molecule has 0 aliphatic rings. The van der Waals surface area contributed by atoms with E-state index >= 15 is 0 Å². The van der Waals surface area contributed by atoms with Crippen molar-refractivity contribution >= 4 is 5.97 Å². The van der Waals surface area contributed by atoms with Crippen LogP contribution in [0.2, 0.25) is 0 Å². The van der Waals surface area contributed by atoms with Crippen LogP contribution in [0, 0.1) is 0 Å². The first-order chi connectivity index (χ1) is 7.79. The van der Waals surface area contributed by atoms with E-state index in [9.17, 15) is 18.0 Å². The fourth-order valence-electron chi connectivity index (χ4n) is 1.01. The molecule has 8 heteroatoms. The van der Waals surface area contributed by atoms with Crippen molar-refractivity contribution < 1.29 is 32.3 Å². The highest BCUT2D eigenvalue weighted by molar-refractivity contribution is 5.84. The molecule has 0 bridgehead atoms. The Labute approximate surface area is 94.1 Å². The Kier molecular flexibility index (Phi) is 4.13. The molecule has 1 aromatic rings. The first kappa shape index (κ1) is 13.5. The molecule has 2 N–H and O–H groups in total. The van der Waals surface area contributed by atoms with Gasteiger partial charge in [-0.3, -0.25) is 4.84 Å². The summed E-state index contributed by atoms with van der Waals surface area (Å²) in [6, 6.07) is 1.86. The Morgan fingerprint density at radius 2 is 2.24 bits per heavy atom. The topological polar surface area (TPSA) is 71.7 Å². The highest BCUT2D eigenvalue weighted by Gasteiger charge is 2.28. The number of carbonyl (C=O) groups is 1. The Morgan fingerprint density at radius 3 is 2.71 bits per heavy atom. The Hall–Kier alpha value is -1.54. The third-order valence-corrected chi connectivity index (χ3v) is 1.76. The van der Waals surface area contributed by atoms with Gasteiger partial charge in [0.15, 0.2) is 6.61 Å². The van der Waals surface area contributed by atoms with E-state index in [1.807, 2.05) is 0 Å². The van der Waals surface area contributed by atoms with E-state index < -0.39 is 24.8 Å². The van der Waals surface area contributed by atoms with Crippen LogP contribution < -0.4 is 5.48 Å². The molecule has 1 heterocycles. The quantitative estimate of drug-likeness (QED) is 0.786. The van der Waals surface area contributed by atoms with Gasteiger partial charge in [-0.1, -0.05) is 0 Å². The lowest BCUT2D eigenvalue weighted by molar-refractivity contribution is -0.193. The summed E-state index contributed by atoms with van der Waals surface area (Å²) in [6.07, 6.45) is -4.43. The molecule has 0 saturated heterocycles. The van der Waals surface area contributed by atoms with Crippen LogP contribution in [0.5, 0.6) is 0 Å². The summed E-state index contributed by atoms with van der Waals surface area (Å²) in [5.41, 5.74) is 2.10. The molecule has 1 atom stereocenters. The van der Waals surface area contributed by atoms with Crippen LogP contribution in [0.3, 0.4) is 0 Å². The molecule has 0 amide bonds. The van der Waals surface area contributed by atoms with E-state index in [0.29, 0.717) is 0 Å². The maximum Gasteiger partial charge on any atom is 0.413 e. The predicted octanol–water partition coefficient (Wildman–Crippen LogP) is 2.12. The van der Waals surface area contributed by atoms with Crippen molar-refractivity contribution in [2.75, 3.05) is 6.61 Å². The number of rotatable bonds is 5. The van der Waals surface area contributed by atoms with Gasteiger partial charge in [0.25, 0.3) is 0 Å². The Morgan fingerprint density at radius 1 is 1.59 bits per heavy atom. The SMILES string of the molecule is CC(NOCC(F)(F)F)c1ccc(C(=O)O)o1. The second kappa shape index (κ2) is 5.19. The molecule has 0 fully saturated rings. The number of carboxylic acids is 1. The smallest absolute Gasteiger partial charge is 0.413 e. The summed E-state index contributed by atoms with van der Waals surface area (Å²) < 4.78 is 40.1. The molecule has 17 heavy (non-hydrogen) atoms. The van der Waals surface area contributed by atoms with E-state index in [1.165, 1.54) is 19.1 Å². The van der Waals surface area contributed by atoms with Gasteiger partial charge in [0.05, 0.1) is 6.04 Å². The lowest BCUT2D eigenvalue weighted by atomic mass is 10.3. The zero-order valence-corrected chi connectivity index (χ0v) is 8.75. The number of nitrogens with one attached hydrogen (secondary N) is 1. The highest BCUT2D eigenvalue weighted by Crippen LogP contribution is 2.18. The molecule has 1 aromatic heterocycles. The van der Waals surface area contributed by atoms with Crippen LogP contribution in [0.25, 0.3) is 0 Å². The van der Waals surface area contributed by atoms with Crippen molar-refractivity contribution in [2.45, 2.75) is 19.1 Å². The van der Waals surface area contributed by atoms with Crippen molar-refractivity contribution in [1.82, 2.24) is 5.48 Å². The van der Waals surface area contributed by atoms with Crippen molar-refractivity contribution in [3.63, 3.8) is 0 Å². The number of aromatic carboxylic acids is 1. The molecule has 1 rings (SSSR count). The summed E-state index contributed by atoms with van der Waals surface area (Å²) in [6.45, 7) is 0.0324. The zero-order valence-electron chi connectivity index (χ0n) is 8.75. The molecule has 0 saturated carbocycles. The lowest BCUT2D eigenvalue weighted by Crippen LogP contribution is -2.26. The number of furan rings is 1. The van der Waals surface area contributed by atoms with Gasteiger partial charge in [-0.25, -0.2) is 4.79 Å². The van der Waals surface area contributed by atoms with Crippen LogP contribution in [-0.4, -0.2) is 23.9 Å². The molecule has 0 aliphatic heterocycles. The minimum absolute atomic E-state index is 0.171. The minimum atomic E-state index is -4.43. The monoisotopic (exact) mass is 253 g/mol. The molecule has 5 nitrogen and oxygen atoms in total. The highest BCUT2D eigenvalue weighted by atomic mass is 19.4. The number of halogens is 3. The predicted molar refractivity (Wildman–Crippen MR) is 49.2 cm³/mol.